The standard InChI is InChI=1S/C11H18.2C5H5.Zr/c1-4-7-8-10-11(6-3)9-5-2;2*1-2-4-5-3-1;/h10H,4-7H2,1-3H3;2*1-5H;/q-2;;;+2. The van der Waals surface area contributed by atoms with Gasteiger partial charge in [-0.2, -0.15) is 0 Å². The third-order valence-electron chi connectivity index (χ3n) is 2.57. The van der Waals surface area contributed by atoms with Gasteiger partial charge in [0.15, 0.2) is 0 Å². The molecular formula is C21H28Zr. The van der Waals surface area contributed by atoms with E-state index in [-0.39, 0.29) is 26.2 Å². The van der Waals surface area contributed by atoms with Crippen molar-refractivity contribution in [1.82, 2.24) is 0 Å². The summed E-state index contributed by atoms with van der Waals surface area (Å²) < 4.78 is 0. The first-order valence-corrected chi connectivity index (χ1v) is 7.84. The van der Waals surface area contributed by atoms with Gasteiger partial charge in [0.2, 0.25) is 0 Å². The molecule has 0 aromatic carbocycles. The number of rotatable bonds is 5. The molecule has 0 bridgehead atoms. The zero-order valence-corrected chi connectivity index (χ0v) is 16.6. The van der Waals surface area contributed by atoms with Gasteiger partial charge in [-0.3, -0.25) is 0 Å². The van der Waals surface area contributed by atoms with Gasteiger partial charge >= 0.3 is 26.2 Å². The minimum absolute atomic E-state index is 0. The van der Waals surface area contributed by atoms with Gasteiger partial charge in [0.1, 0.15) is 0 Å². The molecule has 0 spiro atoms. The van der Waals surface area contributed by atoms with Crippen molar-refractivity contribution in [2.24, 2.45) is 0 Å². The van der Waals surface area contributed by atoms with E-state index in [2.05, 4.69) is 39.0 Å². The average molecular weight is 372 g/mol. The Bertz CT molecular complexity index is 219. The summed E-state index contributed by atoms with van der Waals surface area (Å²) in [7, 11) is 0. The van der Waals surface area contributed by atoms with Crippen LogP contribution in [0.1, 0.15) is 46.5 Å². The van der Waals surface area contributed by atoms with E-state index in [1.165, 1.54) is 12.0 Å². The molecule has 2 aliphatic carbocycles. The maximum Gasteiger partial charge on any atom is 2.00 e. The summed E-state index contributed by atoms with van der Waals surface area (Å²) in [6.45, 7) is 6.44. The molecule has 10 radical (unpaired) electrons. The third kappa shape index (κ3) is 18.4. The Morgan fingerprint density at radius 2 is 1.18 bits per heavy atom. The Balaban J connectivity index is 0. The van der Waals surface area contributed by atoms with Crippen LogP contribution in [0.15, 0.2) is 11.6 Å². The molecule has 0 aliphatic heterocycles. The fourth-order valence-corrected chi connectivity index (χ4v) is 1.49. The third-order valence-corrected chi connectivity index (χ3v) is 2.57. The van der Waals surface area contributed by atoms with Crippen molar-refractivity contribution in [3.63, 3.8) is 0 Å². The Morgan fingerprint density at radius 1 is 0.773 bits per heavy atom. The molecule has 0 saturated heterocycles. The van der Waals surface area contributed by atoms with Crippen LogP contribution < -0.4 is 0 Å². The Hall–Kier alpha value is 0.363. The first-order chi connectivity index (χ1) is 10.3. The van der Waals surface area contributed by atoms with Crippen LogP contribution in [-0.4, -0.2) is 0 Å². The second-order valence-corrected chi connectivity index (χ2v) is 4.43. The minimum Gasteiger partial charge on any atom is -0.388 e. The zero-order valence-electron chi connectivity index (χ0n) is 14.2. The molecular weight excluding hydrogens is 343 g/mol. The summed E-state index contributed by atoms with van der Waals surface area (Å²) in [4.78, 5) is 0. The minimum atomic E-state index is 0. The molecule has 0 aromatic rings. The smallest absolute Gasteiger partial charge is 0.388 e. The number of hydrogen-bond donors (Lipinski definition) is 0. The van der Waals surface area contributed by atoms with Gasteiger partial charge in [0, 0.05) is 0 Å². The largest absolute Gasteiger partial charge is 2.00 e. The van der Waals surface area contributed by atoms with Crippen molar-refractivity contribution >= 4 is 0 Å². The van der Waals surface area contributed by atoms with Gasteiger partial charge in [0.05, 0.1) is 0 Å². The van der Waals surface area contributed by atoms with Gasteiger partial charge in [-0.25, -0.2) is 0 Å². The van der Waals surface area contributed by atoms with Gasteiger partial charge in [0.25, 0.3) is 0 Å². The molecule has 0 unspecified atom stereocenters. The molecule has 0 aromatic heterocycles. The molecule has 0 N–H and O–H groups in total. The second kappa shape index (κ2) is 21.4. The first-order valence-electron chi connectivity index (χ1n) is 7.84. The maximum atomic E-state index is 3.29. The van der Waals surface area contributed by atoms with Crippen molar-refractivity contribution in [2.75, 3.05) is 0 Å². The first kappa shape index (κ1) is 24.6. The predicted molar refractivity (Wildman–Crippen MR) is 93.1 cm³/mol. The monoisotopic (exact) mass is 370 g/mol. The van der Waals surface area contributed by atoms with Crippen molar-refractivity contribution in [2.45, 2.75) is 46.5 Å². The molecule has 1 heteroatoms. The van der Waals surface area contributed by atoms with Crippen LogP contribution in [0.2, 0.25) is 0 Å². The number of allylic oxidation sites excluding steroid dienone is 4. The quantitative estimate of drug-likeness (QED) is 0.427. The van der Waals surface area contributed by atoms with Crippen LogP contribution in [0.4, 0.5) is 0 Å². The summed E-state index contributed by atoms with van der Waals surface area (Å²) in [5, 5.41) is 0. The Morgan fingerprint density at radius 3 is 1.45 bits per heavy atom. The summed E-state index contributed by atoms with van der Waals surface area (Å²) >= 11 is 0. The van der Waals surface area contributed by atoms with Crippen molar-refractivity contribution < 1.29 is 26.2 Å². The molecule has 2 saturated carbocycles. The number of unbranched alkanes of at least 4 members (excludes halogenated alkanes) is 1. The summed E-state index contributed by atoms with van der Waals surface area (Å²) in [5.74, 6) is 0. The van der Waals surface area contributed by atoms with Crippen LogP contribution >= 0.6 is 0 Å². The number of hydrogen-bond acceptors (Lipinski definition) is 0. The zero-order chi connectivity index (χ0) is 15.6. The predicted octanol–water partition coefficient (Wildman–Crippen LogP) is 5.74. The molecule has 0 atom stereocenters. The van der Waals surface area contributed by atoms with E-state index in [4.69, 9.17) is 0 Å². The van der Waals surface area contributed by atoms with E-state index in [9.17, 15) is 0 Å². The summed E-state index contributed by atoms with van der Waals surface area (Å²) in [5.41, 5.74) is 1.29. The molecule has 2 aliphatic rings. The van der Waals surface area contributed by atoms with Crippen LogP contribution in [0, 0.1) is 76.4 Å². The molecule has 0 amide bonds. The van der Waals surface area contributed by atoms with E-state index < -0.39 is 0 Å². The van der Waals surface area contributed by atoms with Crippen LogP contribution in [0.3, 0.4) is 0 Å². The van der Waals surface area contributed by atoms with E-state index in [0.717, 1.165) is 19.3 Å². The molecule has 22 heavy (non-hydrogen) atoms. The molecule has 2 rings (SSSR count). The van der Waals surface area contributed by atoms with E-state index in [1.807, 2.05) is 64.2 Å². The average Bonchev–Trinajstić information content (AvgIpc) is 3.23. The second-order valence-electron chi connectivity index (χ2n) is 4.43. The summed E-state index contributed by atoms with van der Waals surface area (Å²) in [6, 6.07) is 0. The fourth-order valence-electron chi connectivity index (χ4n) is 1.49. The molecule has 0 heterocycles. The van der Waals surface area contributed by atoms with Gasteiger partial charge in [-0.1, -0.05) is 27.2 Å². The molecule has 2 fully saturated rings. The SMILES string of the molecule is CC[C-]=C(C=[C-]CCC)CC.[CH]1[CH][CH][CH][CH]1.[CH]1[CH][CH][CH][CH]1.[Zr+2]. The van der Waals surface area contributed by atoms with Crippen LogP contribution in [-0.2, 0) is 26.2 Å². The van der Waals surface area contributed by atoms with Crippen molar-refractivity contribution in [3.05, 3.63) is 88.0 Å². The topological polar surface area (TPSA) is 0 Å². The fraction of sp³-hybridized carbons (Fsp3) is 0.333. The molecule has 116 valence electrons. The summed E-state index contributed by atoms with van der Waals surface area (Å²) in [6.07, 6.45) is 32.9. The van der Waals surface area contributed by atoms with Gasteiger partial charge in [-0.15, -0.1) is 19.3 Å². The van der Waals surface area contributed by atoms with Crippen molar-refractivity contribution in [3.8, 4) is 0 Å². The van der Waals surface area contributed by atoms with E-state index in [0.29, 0.717) is 0 Å². The Kier molecular flexibility index (Phi) is 23.9. The Labute approximate surface area is 160 Å². The van der Waals surface area contributed by atoms with E-state index in [1.54, 1.807) is 0 Å². The van der Waals surface area contributed by atoms with Crippen LogP contribution in [0.25, 0.3) is 0 Å². The van der Waals surface area contributed by atoms with Crippen molar-refractivity contribution in [1.29, 1.82) is 0 Å². The van der Waals surface area contributed by atoms with Crippen LogP contribution in [0.5, 0.6) is 0 Å². The molecule has 0 nitrogen and oxygen atoms in total. The van der Waals surface area contributed by atoms with E-state index >= 15 is 0 Å². The van der Waals surface area contributed by atoms with Gasteiger partial charge in [-0.05, 0) is 64.2 Å². The normalized spacial score (nSPS) is 17.3. The van der Waals surface area contributed by atoms with Gasteiger partial charge < -0.3 is 23.8 Å². The maximum absolute atomic E-state index is 3.29.